The molecule has 0 saturated heterocycles. The van der Waals surface area contributed by atoms with Crippen molar-refractivity contribution in [3.8, 4) is 11.1 Å². The average molecular weight is 196 g/mol. The summed E-state index contributed by atoms with van der Waals surface area (Å²) in [5, 5.41) is 0. The number of hydrogen-bond donors (Lipinski definition) is 0. The van der Waals surface area contributed by atoms with Crippen LogP contribution in [-0.2, 0) is 0 Å². The van der Waals surface area contributed by atoms with Gasteiger partial charge in [0, 0.05) is 5.56 Å². The van der Waals surface area contributed by atoms with Crippen LogP contribution in [0.25, 0.3) is 11.1 Å². The van der Waals surface area contributed by atoms with Gasteiger partial charge in [-0.3, -0.25) is 0 Å². The molecule has 0 atom stereocenters. The summed E-state index contributed by atoms with van der Waals surface area (Å²) in [6.45, 7) is 1.97. The number of aryl methyl sites for hydroxylation is 1. The summed E-state index contributed by atoms with van der Waals surface area (Å²) in [6, 6.07) is 12.4. The number of benzene rings is 2. The SMILES string of the molecule is [B]c1cccc(F)c1-c1cccc(C)c1. The monoisotopic (exact) mass is 196 g/mol. The lowest BCUT2D eigenvalue weighted by Crippen LogP contribution is -2.08. The second-order valence-electron chi connectivity index (χ2n) is 3.57. The van der Waals surface area contributed by atoms with Gasteiger partial charge < -0.3 is 0 Å². The van der Waals surface area contributed by atoms with E-state index in [0.29, 0.717) is 11.0 Å². The van der Waals surface area contributed by atoms with E-state index < -0.39 is 0 Å². The van der Waals surface area contributed by atoms with E-state index >= 15 is 0 Å². The smallest absolute Gasteiger partial charge is 0.130 e. The van der Waals surface area contributed by atoms with E-state index in [2.05, 4.69) is 0 Å². The summed E-state index contributed by atoms with van der Waals surface area (Å²) in [5.74, 6) is -0.277. The Labute approximate surface area is 90.2 Å². The summed E-state index contributed by atoms with van der Waals surface area (Å²) >= 11 is 0. The molecular weight excluding hydrogens is 186 g/mol. The second-order valence-corrected chi connectivity index (χ2v) is 3.57. The lowest BCUT2D eigenvalue weighted by molar-refractivity contribution is 0.632. The molecule has 2 rings (SSSR count). The van der Waals surface area contributed by atoms with E-state index in [1.165, 1.54) is 6.07 Å². The van der Waals surface area contributed by atoms with Crippen molar-refractivity contribution in [2.24, 2.45) is 0 Å². The zero-order chi connectivity index (χ0) is 10.8. The van der Waals surface area contributed by atoms with Gasteiger partial charge in [0.05, 0.1) is 0 Å². The molecule has 0 nitrogen and oxygen atoms in total. The van der Waals surface area contributed by atoms with Crippen molar-refractivity contribution in [3.05, 3.63) is 53.8 Å². The van der Waals surface area contributed by atoms with Crippen LogP contribution in [0.15, 0.2) is 42.5 Å². The van der Waals surface area contributed by atoms with Crippen LogP contribution in [0.5, 0.6) is 0 Å². The van der Waals surface area contributed by atoms with Gasteiger partial charge in [0.2, 0.25) is 0 Å². The molecule has 0 aliphatic rings. The first-order valence-corrected chi connectivity index (χ1v) is 4.79. The average Bonchev–Trinajstić information content (AvgIpc) is 2.17. The molecule has 0 unspecified atom stereocenters. The lowest BCUT2D eigenvalue weighted by Gasteiger charge is -2.08. The van der Waals surface area contributed by atoms with Gasteiger partial charge in [0.15, 0.2) is 0 Å². The van der Waals surface area contributed by atoms with Crippen LogP contribution in [0, 0.1) is 12.7 Å². The predicted octanol–water partition coefficient (Wildman–Crippen LogP) is 2.59. The maximum Gasteiger partial charge on any atom is 0.130 e. The summed E-state index contributed by atoms with van der Waals surface area (Å²) < 4.78 is 13.6. The molecule has 0 aliphatic heterocycles. The highest BCUT2D eigenvalue weighted by molar-refractivity contribution is 6.35. The van der Waals surface area contributed by atoms with Crippen LogP contribution in [-0.4, -0.2) is 7.85 Å². The van der Waals surface area contributed by atoms with Crippen molar-refractivity contribution in [3.63, 3.8) is 0 Å². The Bertz CT molecular complexity index is 471. The molecule has 72 valence electrons. The molecule has 0 amide bonds. The van der Waals surface area contributed by atoms with Crippen molar-refractivity contribution in [2.75, 3.05) is 0 Å². The fourth-order valence-electron chi connectivity index (χ4n) is 1.65. The molecular formula is C13H10BF. The van der Waals surface area contributed by atoms with Gasteiger partial charge in [-0.2, -0.15) is 0 Å². The van der Waals surface area contributed by atoms with Gasteiger partial charge in [-0.15, -0.1) is 0 Å². The Morgan fingerprint density at radius 2 is 1.80 bits per heavy atom. The first kappa shape index (κ1) is 9.97. The Hall–Kier alpha value is -1.57. The molecule has 0 bridgehead atoms. The van der Waals surface area contributed by atoms with Crippen molar-refractivity contribution in [1.29, 1.82) is 0 Å². The Morgan fingerprint density at radius 3 is 2.47 bits per heavy atom. The molecule has 2 aromatic carbocycles. The third-order valence-corrected chi connectivity index (χ3v) is 2.35. The van der Waals surface area contributed by atoms with E-state index in [1.807, 2.05) is 31.2 Å². The molecule has 0 fully saturated rings. The first-order chi connectivity index (χ1) is 7.18. The maximum absolute atomic E-state index is 13.6. The zero-order valence-electron chi connectivity index (χ0n) is 8.50. The molecule has 2 heteroatoms. The predicted molar refractivity (Wildman–Crippen MR) is 62.0 cm³/mol. The van der Waals surface area contributed by atoms with Gasteiger partial charge in [0.1, 0.15) is 13.7 Å². The highest BCUT2D eigenvalue weighted by Crippen LogP contribution is 2.21. The van der Waals surface area contributed by atoms with Gasteiger partial charge in [0.25, 0.3) is 0 Å². The summed E-state index contributed by atoms with van der Waals surface area (Å²) in [4.78, 5) is 0. The molecule has 2 aromatic rings. The lowest BCUT2D eigenvalue weighted by atomic mass is 9.86. The highest BCUT2D eigenvalue weighted by Gasteiger charge is 2.06. The summed E-state index contributed by atoms with van der Waals surface area (Å²) in [7, 11) is 5.76. The molecule has 0 saturated carbocycles. The zero-order valence-corrected chi connectivity index (χ0v) is 8.50. The van der Waals surface area contributed by atoms with Crippen LogP contribution in [0.3, 0.4) is 0 Å². The van der Waals surface area contributed by atoms with E-state index in [4.69, 9.17) is 7.85 Å². The Balaban J connectivity index is 2.63. The Morgan fingerprint density at radius 1 is 1.07 bits per heavy atom. The van der Waals surface area contributed by atoms with Crippen LogP contribution in [0.1, 0.15) is 5.56 Å². The van der Waals surface area contributed by atoms with Gasteiger partial charge >= 0.3 is 0 Å². The quantitative estimate of drug-likeness (QED) is 0.615. The van der Waals surface area contributed by atoms with Crippen molar-refractivity contribution in [1.82, 2.24) is 0 Å². The van der Waals surface area contributed by atoms with E-state index in [0.717, 1.165) is 11.1 Å². The number of hydrogen-bond acceptors (Lipinski definition) is 0. The van der Waals surface area contributed by atoms with Gasteiger partial charge in [-0.05, 0) is 18.6 Å². The normalized spacial score (nSPS) is 10.3. The van der Waals surface area contributed by atoms with Crippen LogP contribution < -0.4 is 5.46 Å². The van der Waals surface area contributed by atoms with Crippen LogP contribution in [0.4, 0.5) is 4.39 Å². The molecule has 0 aliphatic carbocycles. The van der Waals surface area contributed by atoms with Gasteiger partial charge in [-0.1, -0.05) is 47.4 Å². The largest absolute Gasteiger partial charge is 0.206 e. The minimum atomic E-state index is -0.277. The minimum absolute atomic E-state index is 0.277. The number of rotatable bonds is 1. The molecule has 0 heterocycles. The maximum atomic E-state index is 13.6. The minimum Gasteiger partial charge on any atom is -0.206 e. The standard InChI is InChI=1S/C13H10BF/c1-9-4-2-5-10(8-9)13-11(14)6-3-7-12(13)15/h2-8H,1H3. The van der Waals surface area contributed by atoms with E-state index in [1.54, 1.807) is 12.1 Å². The number of halogens is 1. The topological polar surface area (TPSA) is 0 Å². The fraction of sp³-hybridized carbons (Fsp3) is 0.0769. The second kappa shape index (κ2) is 3.89. The molecule has 0 spiro atoms. The van der Waals surface area contributed by atoms with Crippen molar-refractivity contribution < 1.29 is 4.39 Å². The molecule has 2 radical (unpaired) electrons. The first-order valence-electron chi connectivity index (χ1n) is 4.79. The third kappa shape index (κ3) is 1.94. The third-order valence-electron chi connectivity index (χ3n) is 2.35. The summed E-state index contributed by atoms with van der Waals surface area (Å²) in [5.41, 5.74) is 2.88. The van der Waals surface area contributed by atoms with Crippen LogP contribution in [0.2, 0.25) is 0 Å². The summed E-state index contributed by atoms with van der Waals surface area (Å²) in [6.07, 6.45) is 0. The fourth-order valence-corrected chi connectivity index (χ4v) is 1.65. The van der Waals surface area contributed by atoms with Crippen molar-refractivity contribution >= 4 is 13.3 Å². The highest BCUT2D eigenvalue weighted by atomic mass is 19.1. The molecule has 15 heavy (non-hydrogen) atoms. The molecule has 0 aromatic heterocycles. The Kier molecular flexibility index (Phi) is 2.59. The van der Waals surface area contributed by atoms with E-state index in [9.17, 15) is 4.39 Å². The van der Waals surface area contributed by atoms with Gasteiger partial charge in [-0.25, -0.2) is 4.39 Å². The van der Waals surface area contributed by atoms with Crippen molar-refractivity contribution in [2.45, 2.75) is 6.92 Å². The van der Waals surface area contributed by atoms with Crippen LogP contribution >= 0.6 is 0 Å². The molecule has 0 N–H and O–H groups in total. The van der Waals surface area contributed by atoms with E-state index in [-0.39, 0.29) is 5.82 Å².